The van der Waals surface area contributed by atoms with Crippen LogP contribution in [-0.4, -0.2) is 44.5 Å². The van der Waals surface area contributed by atoms with Crippen LogP contribution in [0.2, 0.25) is 25.7 Å². The molecule has 3 atom stereocenters. The molecule has 0 radical (unpaired) electrons. The van der Waals surface area contributed by atoms with Gasteiger partial charge in [-0.05, 0) is 37.1 Å². The smallest absolute Gasteiger partial charge is 0.410 e. The fourth-order valence-corrected chi connectivity index (χ4v) is 3.87. The van der Waals surface area contributed by atoms with Crippen molar-refractivity contribution in [3.63, 3.8) is 0 Å². The summed E-state index contributed by atoms with van der Waals surface area (Å²) in [6.07, 6.45) is 3.97. The van der Waals surface area contributed by atoms with Gasteiger partial charge in [-0.15, -0.1) is 0 Å². The van der Waals surface area contributed by atoms with Gasteiger partial charge >= 0.3 is 6.09 Å². The molecule has 1 aliphatic heterocycles. The predicted octanol–water partition coefficient (Wildman–Crippen LogP) is 2.76. The Labute approximate surface area is 116 Å². The zero-order chi connectivity index (χ0) is 14.0. The van der Waals surface area contributed by atoms with Crippen LogP contribution in [0.5, 0.6) is 0 Å². The molecule has 5 heteroatoms. The number of aldehydes is 1. The maximum absolute atomic E-state index is 12.1. The van der Waals surface area contributed by atoms with Gasteiger partial charge in [0.25, 0.3) is 0 Å². The van der Waals surface area contributed by atoms with Gasteiger partial charge in [-0.25, -0.2) is 4.79 Å². The minimum Gasteiger partial charge on any atom is -0.450 e. The van der Waals surface area contributed by atoms with Gasteiger partial charge in [0.15, 0.2) is 0 Å². The van der Waals surface area contributed by atoms with Crippen LogP contribution in [-0.2, 0) is 9.53 Å². The van der Waals surface area contributed by atoms with Gasteiger partial charge in [0.2, 0.25) is 0 Å². The van der Waals surface area contributed by atoms with Crippen LogP contribution in [0.1, 0.15) is 19.3 Å². The number of fused-ring (bicyclic) bond motifs is 2. The van der Waals surface area contributed by atoms with E-state index >= 15 is 0 Å². The van der Waals surface area contributed by atoms with Crippen molar-refractivity contribution in [2.45, 2.75) is 51.0 Å². The number of likely N-dealkylation sites (tertiary alicyclic amines) is 1. The first-order chi connectivity index (χ1) is 8.90. The van der Waals surface area contributed by atoms with E-state index in [-0.39, 0.29) is 12.1 Å². The molecule has 2 bridgehead atoms. The molecule has 2 aliphatic rings. The largest absolute Gasteiger partial charge is 0.450 e. The number of hydrogen-bond acceptors (Lipinski definition) is 3. The Morgan fingerprint density at radius 1 is 1.37 bits per heavy atom. The van der Waals surface area contributed by atoms with Crippen molar-refractivity contribution in [2.75, 3.05) is 13.2 Å². The lowest BCUT2D eigenvalue weighted by molar-refractivity contribution is -0.114. The normalized spacial score (nSPS) is 30.3. The molecule has 0 unspecified atom stereocenters. The third-order valence-electron chi connectivity index (χ3n) is 4.33. The molecule has 2 fully saturated rings. The van der Waals surface area contributed by atoms with Gasteiger partial charge in [-0.3, -0.25) is 4.90 Å². The molecule has 0 aromatic heterocycles. The maximum atomic E-state index is 12.1. The highest BCUT2D eigenvalue weighted by Crippen LogP contribution is 2.39. The third-order valence-corrected chi connectivity index (χ3v) is 6.04. The number of nitrogens with zero attached hydrogens (tertiary/aromatic N) is 1. The molecule has 1 saturated carbocycles. The highest BCUT2D eigenvalue weighted by atomic mass is 28.3. The quantitative estimate of drug-likeness (QED) is 0.589. The second kappa shape index (κ2) is 5.65. The molecule has 0 aromatic carbocycles. The summed E-state index contributed by atoms with van der Waals surface area (Å²) < 4.78 is 5.38. The summed E-state index contributed by atoms with van der Waals surface area (Å²) >= 11 is 0. The fraction of sp³-hybridized carbons (Fsp3) is 0.857. The highest BCUT2D eigenvalue weighted by molar-refractivity contribution is 6.76. The Morgan fingerprint density at radius 3 is 2.74 bits per heavy atom. The van der Waals surface area contributed by atoms with E-state index in [9.17, 15) is 9.59 Å². The number of amides is 1. The second-order valence-corrected chi connectivity index (χ2v) is 12.8. The lowest BCUT2D eigenvalue weighted by atomic mass is 9.92. The predicted molar refractivity (Wildman–Crippen MR) is 76.9 cm³/mol. The summed E-state index contributed by atoms with van der Waals surface area (Å²) in [5.41, 5.74) is 0. The molecule has 108 valence electrons. The summed E-state index contributed by atoms with van der Waals surface area (Å²) in [4.78, 5) is 25.1. The number of carbonyl (C=O) groups excluding carboxylic acids is 2. The fourth-order valence-electron chi connectivity index (χ4n) is 3.15. The van der Waals surface area contributed by atoms with E-state index in [1.807, 2.05) is 0 Å². The molecule has 0 N–H and O–H groups in total. The first-order valence-corrected chi connectivity index (χ1v) is 11.0. The van der Waals surface area contributed by atoms with E-state index < -0.39 is 8.07 Å². The minimum atomic E-state index is -1.18. The minimum absolute atomic E-state index is 0.252. The lowest BCUT2D eigenvalue weighted by Gasteiger charge is -2.36. The van der Waals surface area contributed by atoms with E-state index in [1.165, 1.54) is 0 Å². The number of carbonyl (C=O) groups is 2. The molecular weight excluding hydrogens is 258 g/mol. The lowest BCUT2D eigenvalue weighted by Crippen LogP contribution is -2.50. The Hall–Kier alpha value is -0.843. The van der Waals surface area contributed by atoms with E-state index in [1.54, 1.807) is 4.90 Å². The van der Waals surface area contributed by atoms with Crippen LogP contribution in [0.3, 0.4) is 0 Å². The Morgan fingerprint density at radius 2 is 2.11 bits per heavy atom. The zero-order valence-electron chi connectivity index (χ0n) is 12.2. The summed E-state index contributed by atoms with van der Waals surface area (Å²) in [5, 5.41) is 0. The van der Waals surface area contributed by atoms with Gasteiger partial charge in [-0.1, -0.05) is 19.6 Å². The average molecular weight is 283 g/mol. The standard InChI is InChI=1S/C14H25NO3Si/c1-19(2,3)7-6-18-14(17)15-9-11-4-5-12(8-11)13(15)10-16/h10-13H,4-9H2,1-3H3/t11-,12+,13+/m0/s1. The molecule has 1 saturated heterocycles. The summed E-state index contributed by atoms with van der Waals surface area (Å²) in [6.45, 7) is 7.97. The van der Waals surface area contributed by atoms with Crippen molar-refractivity contribution in [1.82, 2.24) is 4.90 Å². The van der Waals surface area contributed by atoms with E-state index in [0.29, 0.717) is 25.0 Å². The molecular formula is C14H25NO3Si. The summed E-state index contributed by atoms with van der Waals surface area (Å²) in [6, 6.07) is 0.726. The first-order valence-electron chi connectivity index (χ1n) is 7.29. The number of piperidine rings is 1. The molecule has 1 amide bonds. The molecule has 4 nitrogen and oxygen atoms in total. The Balaban J connectivity index is 1.89. The van der Waals surface area contributed by atoms with E-state index in [2.05, 4.69) is 19.6 Å². The van der Waals surface area contributed by atoms with E-state index in [0.717, 1.165) is 31.6 Å². The third kappa shape index (κ3) is 3.59. The highest BCUT2D eigenvalue weighted by Gasteiger charge is 2.43. The number of hydrogen-bond donors (Lipinski definition) is 0. The topological polar surface area (TPSA) is 46.6 Å². The van der Waals surface area contributed by atoms with Crippen molar-refractivity contribution in [3.05, 3.63) is 0 Å². The SMILES string of the molecule is C[Si](C)(C)CCOC(=O)N1C[C@H]2CC[C@H](C2)[C@H]1C=O. The van der Waals surface area contributed by atoms with Gasteiger partial charge < -0.3 is 9.53 Å². The van der Waals surface area contributed by atoms with Crippen LogP contribution in [0.25, 0.3) is 0 Å². The summed E-state index contributed by atoms with van der Waals surface area (Å²) in [7, 11) is -1.18. The monoisotopic (exact) mass is 283 g/mol. The summed E-state index contributed by atoms with van der Waals surface area (Å²) in [5.74, 6) is 0.937. The molecule has 0 spiro atoms. The molecule has 0 aromatic rings. The van der Waals surface area contributed by atoms with Gasteiger partial charge in [0, 0.05) is 14.6 Å². The van der Waals surface area contributed by atoms with Gasteiger partial charge in [-0.2, -0.15) is 0 Å². The van der Waals surface area contributed by atoms with Crippen molar-refractivity contribution >= 4 is 20.5 Å². The van der Waals surface area contributed by atoms with Crippen molar-refractivity contribution in [1.29, 1.82) is 0 Å². The molecule has 2 rings (SSSR count). The van der Waals surface area contributed by atoms with E-state index in [4.69, 9.17) is 4.74 Å². The number of ether oxygens (including phenoxy) is 1. The van der Waals surface area contributed by atoms with Crippen molar-refractivity contribution < 1.29 is 14.3 Å². The Kier molecular flexibility index (Phi) is 4.33. The zero-order valence-corrected chi connectivity index (χ0v) is 13.2. The van der Waals surface area contributed by atoms with Crippen LogP contribution >= 0.6 is 0 Å². The van der Waals surface area contributed by atoms with Gasteiger partial charge in [0.1, 0.15) is 6.29 Å². The van der Waals surface area contributed by atoms with Crippen LogP contribution in [0.4, 0.5) is 4.79 Å². The molecule has 1 heterocycles. The average Bonchev–Trinajstić information content (AvgIpc) is 2.69. The number of rotatable bonds is 4. The van der Waals surface area contributed by atoms with Crippen LogP contribution in [0, 0.1) is 11.8 Å². The maximum Gasteiger partial charge on any atom is 0.410 e. The van der Waals surface area contributed by atoms with Gasteiger partial charge in [0.05, 0.1) is 12.6 Å². The van der Waals surface area contributed by atoms with Crippen LogP contribution < -0.4 is 0 Å². The second-order valence-electron chi connectivity index (χ2n) is 7.14. The first kappa shape index (κ1) is 14.6. The van der Waals surface area contributed by atoms with Crippen molar-refractivity contribution in [3.8, 4) is 0 Å². The Bertz CT molecular complexity index is 353. The molecule has 19 heavy (non-hydrogen) atoms. The molecule has 1 aliphatic carbocycles. The van der Waals surface area contributed by atoms with Crippen molar-refractivity contribution in [2.24, 2.45) is 11.8 Å². The van der Waals surface area contributed by atoms with Crippen LogP contribution in [0.15, 0.2) is 0 Å².